The van der Waals surface area contributed by atoms with Gasteiger partial charge in [0, 0.05) is 32.7 Å². The molecule has 1 atom stereocenters. The first-order valence-corrected chi connectivity index (χ1v) is 17.8. The molecule has 0 aliphatic rings. The van der Waals surface area contributed by atoms with Crippen molar-refractivity contribution in [3.05, 3.63) is 115 Å². The van der Waals surface area contributed by atoms with Gasteiger partial charge in [-0.25, -0.2) is 16.8 Å². The highest BCUT2D eigenvalue weighted by molar-refractivity contribution is 7.93. The molecule has 4 aromatic carbocycles. The summed E-state index contributed by atoms with van der Waals surface area (Å²) in [6.07, 6.45) is 0.447. The van der Waals surface area contributed by atoms with Crippen LogP contribution >= 0.6 is 69.6 Å². The van der Waals surface area contributed by atoms with Crippen LogP contribution in [0.15, 0.2) is 94.7 Å². The fourth-order valence-corrected chi connectivity index (χ4v) is 8.73. The highest BCUT2D eigenvalue weighted by atomic mass is 35.5. The van der Waals surface area contributed by atoms with Crippen molar-refractivity contribution in [3.8, 4) is 0 Å². The summed E-state index contributed by atoms with van der Waals surface area (Å²) in [4.78, 5) is -0.00362. The Balaban J connectivity index is 1.69. The summed E-state index contributed by atoms with van der Waals surface area (Å²) in [5.74, 6) is 0. The van der Waals surface area contributed by atoms with Crippen molar-refractivity contribution in [1.82, 2.24) is 0 Å². The Morgan fingerprint density at radius 2 is 1.00 bits per heavy atom. The zero-order valence-electron chi connectivity index (χ0n) is 22.4. The first-order valence-electron chi connectivity index (χ1n) is 12.7. The van der Waals surface area contributed by atoms with E-state index in [9.17, 15) is 16.8 Å². The molecule has 0 bridgehead atoms. The minimum atomic E-state index is -4.15. The van der Waals surface area contributed by atoms with Gasteiger partial charge in [0.05, 0.1) is 31.2 Å². The van der Waals surface area contributed by atoms with Gasteiger partial charge in [0.1, 0.15) is 0 Å². The number of halogens is 6. The second kappa shape index (κ2) is 14.0. The molecule has 0 aliphatic heterocycles. The minimum Gasteiger partial charge on any atom is -0.265 e. The molecule has 0 aliphatic carbocycles. The van der Waals surface area contributed by atoms with E-state index >= 15 is 0 Å². The van der Waals surface area contributed by atoms with Gasteiger partial charge in [-0.05, 0) is 105 Å². The molecule has 228 valence electrons. The Labute approximate surface area is 281 Å². The molecule has 0 aromatic heterocycles. The maximum Gasteiger partial charge on any atom is 0.264 e. The maximum absolute atomic E-state index is 14.0. The molecule has 0 N–H and O–H groups in total. The van der Waals surface area contributed by atoms with Crippen LogP contribution in [0.2, 0.25) is 30.1 Å². The van der Waals surface area contributed by atoms with E-state index in [0.717, 1.165) is 4.31 Å². The van der Waals surface area contributed by atoms with Crippen LogP contribution in [0.25, 0.3) is 0 Å². The standard InChI is InChI=1S/C29H24Cl6N2O4S2/c1-19(37(29-18-23(33)9-15-27(29)35)43(40,41)25-12-6-21(31)7-13-25)3-2-16-36(28-17-22(32)8-14-26(28)34)42(38,39)24-10-4-20(30)5-11-24/h4-15,17-19H,2-3,16H2,1H3/t19-/m1/s1. The number of sulfonamides is 2. The summed E-state index contributed by atoms with van der Waals surface area (Å²) in [6.45, 7) is 1.66. The van der Waals surface area contributed by atoms with Crippen molar-refractivity contribution in [2.75, 3.05) is 15.2 Å². The van der Waals surface area contributed by atoms with Crippen LogP contribution in [-0.4, -0.2) is 29.4 Å². The lowest BCUT2D eigenvalue weighted by Gasteiger charge is -2.32. The van der Waals surface area contributed by atoms with Crippen LogP contribution < -0.4 is 8.61 Å². The molecular formula is C29H24Cl6N2O4S2. The Hall–Kier alpha value is -1.88. The van der Waals surface area contributed by atoms with Crippen molar-refractivity contribution in [2.45, 2.75) is 35.6 Å². The topological polar surface area (TPSA) is 74.8 Å². The summed E-state index contributed by atoms with van der Waals surface area (Å²) in [5.41, 5.74) is 0.362. The van der Waals surface area contributed by atoms with E-state index in [1.165, 1.54) is 77.1 Å². The lowest BCUT2D eigenvalue weighted by atomic mass is 10.1. The molecule has 0 unspecified atom stereocenters. The smallest absolute Gasteiger partial charge is 0.264 e. The van der Waals surface area contributed by atoms with Gasteiger partial charge < -0.3 is 0 Å². The Kier molecular flexibility index (Phi) is 11.1. The molecule has 4 rings (SSSR count). The fraction of sp³-hybridized carbons (Fsp3) is 0.172. The zero-order chi connectivity index (χ0) is 31.5. The molecule has 0 amide bonds. The minimum absolute atomic E-state index is 0.00126. The number of hydrogen-bond donors (Lipinski definition) is 0. The van der Waals surface area contributed by atoms with Gasteiger partial charge >= 0.3 is 0 Å². The third kappa shape index (κ3) is 7.86. The first-order chi connectivity index (χ1) is 20.2. The van der Waals surface area contributed by atoms with Gasteiger partial charge in [-0.1, -0.05) is 69.6 Å². The summed E-state index contributed by atoms with van der Waals surface area (Å²) in [7, 11) is -8.27. The van der Waals surface area contributed by atoms with Gasteiger partial charge in [0.2, 0.25) is 0 Å². The summed E-state index contributed by atoms with van der Waals surface area (Å²) in [6, 6.07) is 19.9. The number of hydrogen-bond acceptors (Lipinski definition) is 4. The fourth-order valence-electron chi connectivity index (χ4n) is 4.41. The lowest BCUT2D eigenvalue weighted by molar-refractivity contribution is 0.560. The van der Waals surface area contributed by atoms with Crippen molar-refractivity contribution in [2.24, 2.45) is 0 Å². The van der Waals surface area contributed by atoms with Gasteiger partial charge in [-0.2, -0.15) is 0 Å². The van der Waals surface area contributed by atoms with Gasteiger partial charge in [-0.3, -0.25) is 8.61 Å². The van der Waals surface area contributed by atoms with E-state index in [1.807, 2.05) is 0 Å². The van der Waals surface area contributed by atoms with E-state index < -0.39 is 26.1 Å². The predicted octanol–water partition coefficient (Wildman–Crippen LogP) is 9.87. The van der Waals surface area contributed by atoms with Crippen molar-refractivity contribution in [3.63, 3.8) is 0 Å². The van der Waals surface area contributed by atoms with Gasteiger partial charge in [0.25, 0.3) is 20.0 Å². The summed E-state index contributed by atoms with van der Waals surface area (Å²) < 4.78 is 57.9. The molecule has 4 aromatic rings. The largest absolute Gasteiger partial charge is 0.265 e. The Morgan fingerprint density at radius 3 is 1.51 bits per heavy atom. The zero-order valence-corrected chi connectivity index (χ0v) is 28.6. The van der Waals surface area contributed by atoms with Crippen LogP contribution in [0.5, 0.6) is 0 Å². The molecule has 14 heteroatoms. The number of rotatable bonds is 11. The molecule has 0 heterocycles. The average molecular weight is 741 g/mol. The molecule has 0 radical (unpaired) electrons. The first kappa shape index (κ1) is 34.0. The SMILES string of the molecule is C[C@H](CCCN(c1cc(Cl)ccc1Cl)S(=O)(=O)c1ccc(Cl)cc1)N(c1cc(Cl)ccc1Cl)S(=O)(=O)c1ccc(Cl)cc1. The highest BCUT2D eigenvalue weighted by Gasteiger charge is 2.32. The second-order valence-electron chi connectivity index (χ2n) is 9.47. The highest BCUT2D eigenvalue weighted by Crippen LogP contribution is 2.37. The molecule has 0 saturated carbocycles. The third-order valence-electron chi connectivity index (χ3n) is 6.48. The van der Waals surface area contributed by atoms with E-state index in [-0.39, 0.29) is 50.6 Å². The Bertz CT molecular complexity index is 1820. The van der Waals surface area contributed by atoms with Crippen molar-refractivity contribution in [1.29, 1.82) is 0 Å². The van der Waals surface area contributed by atoms with E-state index in [1.54, 1.807) is 19.1 Å². The van der Waals surface area contributed by atoms with E-state index in [0.29, 0.717) is 20.1 Å². The molecule has 0 saturated heterocycles. The van der Waals surface area contributed by atoms with Crippen LogP contribution in [0, 0.1) is 0 Å². The maximum atomic E-state index is 14.0. The average Bonchev–Trinajstić information content (AvgIpc) is 2.95. The van der Waals surface area contributed by atoms with Crippen LogP contribution in [0.3, 0.4) is 0 Å². The second-order valence-corrected chi connectivity index (χ2v) is 15.7. The summed E-state index contributed by atoms with van der Waals surface area (Å²) >= 11 is 37.4. The van der Waals surface area contributed by atoms with Gasteiger partial charge in [0.15, 0.2) is 0 Å². The number of nitrogens with zero attached hydrogens (tertiary/aromatic N) is 2. The predicted molar refractivity (Wildman–Crippen MR) is 179 cm³/mol. The quantitative estimate of drug-likeness (QED) is 0.154. The van der Waals surface area contributed by atoms with Crippen LogP contribution in [-0.2, 0) is 20.0 Å². The summed E-state index contributed by atoms with van der Waals surface area (Å²) in [5, 5.41) is 1.68. The molecule has 0 fully saturated rings. The number of anilines is 2. The van der Waals surface area contributed by atoms with E-state index in [2.05, 4.69) is 0 Å². The van der Waals surface area contributed by atoms with Crippen molar-refractivity contribution >= 4 is 101 Å². The molecular weight excluding hydrogens is 717 g/mol. The lowest BCUT2D eigenvalue weighted by Crippen LogP contribution is -2.40. The normalized spacial score (nSPS) is 12.6. The van der Waals surface area contributed by atoms with Crippen molar-refractivity contribution < 1.29 is 16.8 Å². The van der Waals surface area contributed by atoms with Gasteiger partial charge in [-0.15, -0.1) is 0 Å². The van der Waals surface area contributed by atoms with E-state index in [4.69, 9.17) is 69.6 Å². The third-order valence-corrected chi connectivity index (χ3v) is 11.9. The monoisotopic (exact) mass is 738 g/mol. The van der Waals surface area contributed by atoms with Crippen LogP contribution in [0.4, 0.5) is 11.4 Å². The number of benzene rings is 4. The molecule has 0 spiro atoms. The molecule has 6 nitrogen and oxygen atoms in total. The Morgan fingerprint density at radius 1 is 0.581 bits per heavy atom. The molecule has 43 heavy (non-hydrogen) atoms. The van der Waals surface area contributed by atoms with Crippen LogP contribution in [0.1, 0.15) is 19.8 Å².